The topological polar surface area (TPSA) is 79.9 Å². The first-order valence-corrected chi connectivity index (χ1v) is 9.05. The minimum atomic E-state index is -3.57. The van der Waals surface area contributed by atoms with Crippen LogP contribution in [-0.2, 0) is 39.3 Å². The molecule has 2 rings (SSSR count). The van der Waals surface area contributed by atoms with Gasteiger partial charge in [-0.05, 0) is 16.7 Å². The molecule has 0 bridgehead atoms. The fraction of sp³-hybridized carbons (Fsp3) is 0.600. The van der Waals surface area contributed by atoms with E-state index in [1.54, 1.807) is 14.2 Å². The summed E-state index contributed by atoms with van der Waals surface area (Å²) in [6.45, 7) is 3.26. The van der Waals surface area contributed by atoms with Gasteiger partial charge < -0.3 is 14.8 Å². The number of hydrogen-bond donors (Lipinski definition) is 2. The Bertz CT molecular complexity index is 599. The first kappa shape index (κ1) is 18.3. The predicted molar refractivity (Wildman–Crippen MR) is 88.1 cm³/mol. The Morgan fingerprint density at radius 2 is 1.78 bits per heavy atom. The van der Waals surface area contributed by atoms with E-state index in [1.165, 1.54) is 15.4 Å². The molecular formula is C15H25N3O4S. The molecule has 1 aromatic carbocycles. The molecule has 23 heavy (non-hydrogen) atoms. The third-order valence-electron chi connectivity index (χ3n) is 3.79. The molecule has 1 aliphatic rings. The van der Waals surface area contributed by atoms with E-state index >= 15 is 0 Å². The second kappa shape index (κ2) is 8.72. The molecule has 0 amide bonds. The average Bonchev–Trinajstić information content (AvgIpc) is 3.00. The van der Waals surface area contributed by atoms with Gasteiger partial charge in [0.2, 0.25) is 0 Å². The lowest BCUT2D eigenvalue weighted by molar-refractivity contribution is 0.149. The van der Waals surface area contributed by atoms with E-state index in [0.29, 0.717) is 26.3 Å². The van der Waals surface area contributed by atoms with Crippen molar-refractivity contribution in [3.05, 3.63) is 34.9 Å². The van der Waals surface area contributed by atoms with E-state index in [1.807, 2.05) is 18.2 Å². The van der Waals surface area contributed by atoms with Gasteiger partial charge in [-0.2, -0.15) is 17.4 Å². The van der Waals surface area contributed by atoms with Crippen LogP contribution in [0.25, 0.3) is 0 Å². The molecule has 0 radical (unpaired) electrons. The minimum Gasteiger partial charge on any atom is -0.383 e. The highest BCUT2D eigenvalue weighted by Gasteiger charge is 2.21. The lowest BCUT2D eigenvalue weighted by atomic mass is 10.1. The van der Waals surface area contributed by atoms with Gasteiger partial charge >= 0.3 is 0 Å². The lowest BCUT2D eigenvalue weighted by Gasteiger charge is -2.22. The fourth-order valence-corrected chi connectivity index (χ4v) is 3.62. The lowest BCUT2D eigenvalue weighted by Crippen LogP contribution is -2.43. The van der Waals surface area contributed by atoms with Crippen LogP contribution in [0.3, 0.4) is 0 Å². The molecule has 0 atom stereocenters. The maximum Gasteiger partial charge on any atom is 0.279 e. The molecular weight excluding hydrogens is 318 g/mol. The van der Waals surface area contributed by atoms with Crippen LogP contribution in [0.1, 0.15) is 16.7 Å². The maximum atomic E-state index is 12.4. The molecule has 8 heteroatoms. The third-order valence-corrected chi connectivity index (χ3v) is 5.34. The first-order valence-electron chi connectivity index (χ1n) is 7.61. The Kier molecular flexibility index (Phi) is 6.94. The molecule has 1 aliphatic heterocycles. The summed E-state index contributed by atoms with van der Waals surface area (Å²) in [6.07, 6.45) is 0. The Labute approximate surface area is 138 Å². The van der Waals surface area contributed by atoms with Crippen molar-refractivity contribution < 1.29 is 17.9 Å². The molecule has 0 fully saturated rings. The predicted octanol–water partition coefficient (Wildman–Crippen LogP) is 0.219. The van der Waals surface area contributed by atoms with Crippen molar-refractivity contribution in [2.45, 2.75) is 19.6 Å². The van der Waals surface area contributed by atoms with Gasteiger partial charge in [-0.1, -0.05) is 18.2 Å². The SMILES string of the molecule is COCCN(CCOC)S(=O)(=O)NCc1ccc2c(c1)CNC2. The molecule has 0 saturated carbocycles. The van der Waals surface area contributed by atoms with Gasteiger partial charge in [0.25, 0.3) is 10.2 Å². The monoisotopic (exact) mass is 343 g/mol. The van der Waals surface area contributed by atoms with Crippen LogP contribution < -0.4 is 10.0 Å². The van der Waals surface area contributed by atoms with E-state index in [-0.39, 0.29) is 6.54 Å². The molecule has 1 heterocycles. The molecule has 7 nitrogen and oxygen atoms in total. The van der Waals surface area contributed by atoms with E-state index in [4.69, 9.17) is 9.47 Å². The zero-order valence-electron chi connectivity index (χ0n) is 13.7. The summed E-state index contributed by atoms with van der Waals surface area (Å²) in [4.78, 5) is 0. The second-order valence-electron chi connectivity index (χ2n) is 5.42. The zero-order chi connectivity index (χ0) is 16.7. The summed E-state index contributed by atoms with van der Waals surface area (Å²) < 4.78 is 38.8. The van der Waals surface area contributed by atoms with Crippen LogP contribution in [0.4, 0.5) is 0 Å². The minimum absolute atomic E-state index is 0.270. The third kappa shape index (κ3) is 5.23. The van der Waals surface area contributed by atoms with Gasteiger partial charge in [0.15, 0.2) is 0 Å². The number of nitrogens with zero attached hydrogens (tertiary/aromatic N) is 1. The highest BCUT2D eigenvalue weighted by molar-refractivity contribution is 7.87. The summed E-state index contributed by atoms with van der Waals surface area (Å²) in [7, 11) is -0.474. The van der Waals surface area contributed by atoms with E-state index in [9.17, 15) is 8.42 Å². The van der Waals surface area contributed by atoms with Crippen molar-refractivity contribution in [1.29, 1.82) is 0 Å². The number of rotatable bonds is 10. The molecule has 0 aliphatic carbocycles. The Morgan fingerprint density at radius 3 is 2.43 bits per heavy atom. The highest BCUT2D eigenvalue weighted by Crippen LogP contribution is 2.17. The summed E-state index contributed by atoms with van der Waals surface area (Å²) in [5.41, 5.74) is 3.46. The molecule has 0 unspecified atom stereocenters. The quantitative estimate of drug-likeness (QED) is 0.635. The number of nitrogens with one attached hydrogen (secondary N) is 2. The van der Waals surface area contributed by atoms with Crippen molar-refractivity contribution >= 4 is 10.2 Å². The summed E-state index contributed by atoms with van der Waals surface area (Å²) >= 11 is 0. The second-order valence-corrected chi connectivity index (χ2v) is 7.17. The largest absolute Gasteiger partial charge is 0.383 e. The molecule has 0 spiro atoms. The van der Waals surface area contributed by atoms with Gasteiger partial charge in [0.05, 0.1) is 13.2 Å². The molecule has 130 valence electrons. The number of hydrogen-bond acceptors (Lipinski definition) is 5. The van der Waals surface area contributed by atoms with Crippen LogP contribution in [0.15, 0.2) is 18.2 Å². The van der Waals surface area contributed by atoms with Gasteiger partial charge in [-0.15, -0.1) is 0 Å². The normalized spacial score (nSPS) is 14.4. The number of methoxy groups -OCH3 is 2. The molecule has 1 aromatic rings. The van der Waals surface area contributed by atoms with Crippen molar-refractivity contribution in [1.82, 2.24) is 14.3 Å². The Morgan fingerprint density at radius 1 is 1.13 bits per heavy atom. The highest BCUT2D eigenvalue weighted by atomic mass is 32.2. The van der Waals surface area contributed by atoms with E-state index < -0.39 is 10.2 Å². The fourth-order valence-electron chi connectivity index (χ4n) is 2.46. The molecule has 2 N–H and O–H groups in total. The smallest absolute Gasteiger partial charge is 0.279 e. The van der Waals surface area contributed by atoms with Crippen LogP contribution in [0, 0.1) is 0 Å². The van der Waals surface area contributed by atoms with E-state index in [0.717, 1.165) is 18.7 Å². The summed E-state index contributed by atoms with van der Waals surface area (Å²) in [5.74, 6) is 0. The maximum absolute atomic E-state index is 12.4. The van der Waals surface area contributed by atoms with Crippen molar-refractivity contribution in [2.24, 2.45) is 0 Å². The van der Waals surface area contributed by atoms with Gasteiger partial charge in [-0.3, -0.25) is 0 Å². The van der Waals surface area contributed by atoms with Crippen molar-refractivity contribution in [2.75, 3.05) is 40.5 Å². The van der Waals surface area contributed by atoms with Crippen LogP contribution in [0.2, 0.25) is 0 Å². The number of ether oxygens (including phenoxy) is 2. The van der Waals surface area contributed by atoms with Gasteiger partial charge in [-0.25, -0.2) is 0 Å². The molecule has 0 saturated heterocycles. The Hall–Kier alpha value is -1.03. The van der Waals surface area contributed by atoms with Crippen molar-refractivity contribution in [3.63, 3.8) is 0 Å². The van der Waals surface area contributed by atoms with Crippen LogP contribution in [-0.4, -0.2) is 53.2 Å². The summed E-state index contributed by atoms with van der Waals surface area (Å²) in [6, 6.07) is 6.06. The van der Waals surface area contributed by atoms with Crippen LogP contribution >= 0.6 is 0 Å². The number of benzene rings is 1. The van der Waals surface area contributed by atoms with E-state index in [2.05, 4.69) is 10.0 Å². The standard InChI is InChI=1S/C15H25N3O4S/c1-21-7-5-18(6-8-22-2)23(19,20)17-10-13-3-4-14-11-16-12-15(14)9-13/h3-4,9,16-17H,5-8,10-12H2,1-2H3. The van der Waals surface area contributed by atoms with Gasteiger partial charge in [0.1, 0.15) is 0 Å². The Balaban J connectivity index is 1.97. The van der Waals surface area contributed by atoms with Crippen molar-refractivity contribution in [3.8, 4) is 0 Å². The average molecular weight is 343 g/mol. The van der Waals surface area contributed by atoms with Gasteiger partial charge in [0, 0.05) is 46.9 Å². The van der Waals surface area contributed by atoms with Crippen LogP contribution in [0.5, 0.6) is 0 Å². The summed E-state index contributed by atoms with van der Waals surface area (Å²) in [5, 5.41) is 3.28. The first-order chi connectivity index (χ1) is 11.1. The number of fused-ring (bicyclic) bond motifs is 1. The molecule has 0 aromatic heterocycles. The zero-order valence-corrected chi connectivity index (χ0v) is 14.5.